The zero-order valence-corrected chi connectivity index (χ0v) is 9.12. The summed E-state index contributed by atoms with van der Waals surface area (Å²) in [4.78, 5) is 14.3. The lowest BCUT2D eigenvalue weighted by Gasteiger charge is -2.06. The SMILES string of the molecule is Cc1c(NC(=O)O)nc2cc(C(F)(F)F)ccn12. The van der Waals surface area contributed by atoms with Gasteiger partial charge in [0.15, 0.2) is 5.82 Å². The molecule has 1 amide bonds. The minimum Gasteiger partial charge on any atom is -0.465 e. The maximum atomic E-state index is 12.5. The number of hydrogen-bond acceptors (Lipinski definition) is 2. The predicted octanol–water partition coefficient (Wildman–Crippen LogP) is 2.75. The summed E-state index contributed by atoms with van der Waals surface area (Å²) in [7, 11) is 0. The van der Waals surface area contributed by atoms with Gasteiger partial charge in [-0.15, -0.1) is 0 Å². The molecule has 0 aromatic carbocycles. The number of carbonyl (C=O) groups is 1. The van der Waals surface area contributed by atoms with Crippen LogP contribution < -0.4 is 5.32 Å². The molecule has 5 nitrogen and oxygen atoms in total. The number of fused-ring (bicyclic) bond motifs is 1. The van der Waals surface area contributed by atoms with Gasteiger partial charge in [-0.1, -0.05) is 0 Å². The molecule has 96 valence electrons. The van der Waals surface area contributed by atoms with Crippen molar-refractivity contribution in [3.05, 3.63) is 29.6 Å². The fraction of sp³-hybridized carbons (Fsp3) is 0.200. The summed E-state index contributed by atoms with van der Waals surface area (Å²) in [5.74, 6) is 0.0156. The zero-order valence-electron chi connectivity index (χ0n) is 9.12. The third-order valence-corrected chi connectivity index (χ3v) is 2.42. The first-order chi connectivity index (χ1) is 8.29. The van der Waals surface area contributed by atoms with E-state index in [9.17, 15) is 18.0 Å². The van der Waals surface area contributed by atoms with E-state index in [-0.39, 0.29) is 11.5 Å². The Balaban J connectivity index is 2.55. The van der Waals surface area contributed by atoms with E-state index in [0.717, 1.165) is 12.1 Å². The summed E-state index contributed by atoms with van der Waals surface area (Å²) in [6.45, 7) is 1.55. The molecule has 0 unspecified atom stereocenters. The third kappa shape index (κ3) is 2.08. The average Bonchev–Trinajstić information content (AvgIpc) is 2.53. The number of pyridine rings is 1. The van der Waals surface area contributed by atoms with Gasteiger partial charge in [0.2, 0.25) is 0 Å². The van der Waals surface area contributed by atoms with Crippen LogP contribution in [0.2, 0.25) is 0 Å². The number of nitrogens with one attached hydrogen (secondary N) is 1. The number of nitrogens with zero attached hydrogens (tertiary/aromatic N) is 2. The van der Waals surface area contributed by atoms with Crippen LogP contribution in [0.5, 0.6) is 0 Å². The molecule has 0 bridgehead atoms. The van der Waals surface area contributed by atoms with E-state index in [0.29, 0.717) is 5.69 Å². The maximum Gasteiger partial charge on any atom is 0.416 e. The first-order valence-electron chi connectivity index (χ1n) is 4.85. The molecular weight excluding hydrogens is 251 g/mol. The van der Waals surface area contributed by atoms with Crippen molar-refractivity contribution >= 4 is 17.6 Å². The summed E-state index contributed by atoms with van der Waals surface area (Å²) in [6, 6.07) is 1.77. The van der Waals surface area contributed by atoms with Crippen molar-refractivity contribution in [2.24, 2.45) is 0 Å². The van der Waals surface area contributed by atoms with E-state index in [1.54, 1.807) is 6.92 Å². The second-order valence-electron chi connectivity index (χ2n) is 3.62. The molecule has 2 aromatic heterocycles. The van der Waals surface area contributed by atoms with Crippen LogP contribution >= 0.6 is 0 Å². The van der Waals surface area contributed by atoms with Gasteiger partial charge in [0.1, 0.15) is 5.65 Å². The Morgan fingerprint density at radius 1 is 1.50 bits per heavy atom. The molecule has 2 heterocycles. The van der Waals surface area contributed by atoms with Crippen LogP contribution in [0.1, 0.15) is 11.3 Å². The molecule has 0 saturated carbocycles. The van der Waals surface area contributed by atoms with Gasteiger partial charge in [-0.05, 0) is 19.1 Å². The van der Waals surface area contributed by atoms with Gasteiger partial charge in [-0.2, -0.15) is 13.2 Å². The molecule has 8 heteroatoms. The summed E-state index contributed by atoms with van der Waals surface area (Å²) in [5, 5.41) is 10.6. The number of carboxylic acid groups (broad SMARTS) is 1. The van der Waals surface area contributed by atoms with Crippen molar-refractivity contribution in [1.29, 1.82) is 0 Å². The Hall–Kier alpha value is -2.25. The van der Waals surface area contributed by atoms with E-state index < -0.39 is 17.8 Å². The number of imidazole rings is 1. The number of alkyl halides is 3. The molecule has 0 atom stereocenters. The van der Waals surface area contributed by atoms with E-state index >= 15 is 0 Å². The summed E-state index contributed by atoms with van der Waals surface area (Å²) < 4.78 is 38.8. The molecule has 0 aliphatic heterocycles. The number of hydrogen-bond donors (Lipinski definition) is 2. The lowest BCUT2D eigenvalue weighted by Crippen LogP contribution is -2.08. The molecular formula is C10H8F3N3O2. The van der Waals surface area contributed by atoms with Crippen LogP contribution in [0.15, 0.2) is 18.3 Å². The quantitative estimate of drug-likeness (QED) is 0.827. The molecule has 0 radical (unpaired) electrons. The summed E-state index contributed by atoms with van der Waals surface area (Å²) in [5.41, 5.74) is -0.380. The third-order valence-electron chi connectivity index (χ3n) is 2.42. The Labute approximate surface area is 98.9 Å². The highest BCUT2D eigenvalue weighted by Crippen LogP contribution is 2.30. The highest BCUT2D eigenvalue weighted by Gasteiger charge is 2.31. The second kappa shape index (κ2) is 3.90. The van der Waals surface area contributed by atoms with Crippen LogP contribution in [-0.4, -0.2) is 20.6 Å². The van der Waals surface area contributed by atoms with E-state index in [1.807, 2.05) is 5.32 Å². The zero-order chi connectivity index (χ0) is 13.5. The van der Waals surface area contributed by atoms with Crippen molar-refractivity contribution in [2.75, 3.05) is 5.32 Å². The highest BCUT2D eigenvalue weighted by atomic mass is 19.4. The Morgan fingerprint density at radius 3 is 2.72 bits per heavy atom. The summed E-state index contributed by atoms with van der Waals surface area (Å²) >= 11 is 0. The van der Waals surface area contributed by atoms with E-state index in [2.05, 4.69) is 4.98 Å². The molecule has 0 aliphatic carbocycles. The number of aromatic nitrogens is 2. The lowest BCUT2D eigenvalue weighted by atomic mass is 10.2. The van der Waals surface area contributed by atoms with Crippen LogP contribution in [0.3, 0.4) is 0 Å². The van der Waals surface area contributed by atoms with Gasteiger partial charge >= 0.3 is 12.3 Å². The Morgan fingerprint density at radius 2 is 2.17 bits per heavy atom. The van der Waals surface area contributed by atoms with Crippen LogP contribution in [0.4, 0.5) is 23.8 Å². The lowest BCUT2D eigenvalue weighted by molar-refractivity contribution is -0.137. The Bertz CT molecular complexity index is 619. The fourth-order valence-electron chi connectivity index (χ4n) is 1.56. The molecule has 0 aliphatic rings. The smallest absolute Gasteiger partial charge is 0.416 e. The Kier molecular flexibility index (Phi) is 2.64. The molecule has 18 heavy (non-hydrogen) atoms. The van der Waals surface area contributed by atoms with Gasteiger partial charge in [-0.25, -0.2) is 9.78 Å². The molecule has 0 fully saturated rings. The number of amides is 1. The normalized spacial score (nSPS) is 11.8. The van der Waals surface area contributed by atoms with Gasteiger partial charge in [0.25, 0.3) is 0 Å². The second-order valence-corrected chi connectivity index (χ2v) is 3.62. The number of rotatable bonds is 1. The van der Waals surface area contributed by atoms with Crippen molar-refractivity contribution in [3.8, 4) is 0 Å². The number of anilines is 1. The monoisotopic (exact) mass is 259 g/mol. The highest BCUT2D eigenvalue weighted by molar-refractivity contribution is 5.83. The molecule has 2 rings (SSSR count). The van der Waals surface area contributed by atoms with Crippen LogP contribution in [0.25, 0.3) is 5.65 Å². The predicted molar refractivity (Wildman–Crippen MR) is 56.6 cm³/mol. The van der Waals surface area contributed by atoms with Gasteiger partial charge in [-0.3, -0.25) is 5.32 Å². The average molecular weight is 259 g/mol. The molecule has 0 saturated heterocycles. The van der Waals surface area contributed by atoms with Gasteiger partial charge in [0, 0.05) is 6.20 Å². The van der Waals surface area contributed by atoms with Gasteiger partial charge in [0.05, 0.1) is 11.3 Å². The summed E-state index contributed by atoms with van der Waals surface area (Å²) in [6.07, 6.45) is -4.58. The maximum absolute atomic E-state index is 12.5. The molecule has 0 spiro atoms. The number of aryl methyl sites for hydroxylation is 1. The minimum atomic E-state index is -4.46. The largest absolute Gasteiger partial charge is 0.465 e. The van der Waals surface area contributed by atoms with Crippen molar-refractivity contribution in [2.45, 2.75) is 13.1 Å². The van der Waals surface area contributed by atoms with Crippen molar-refractivity contribution in [1.82, 2.24) is 9.38 Å². The number of halogens is 3. The molecule has 2 N–H and O–H groups in total. The first-order valence-corrected chi connectivity index (χ1v) is 4.85. The standard InChI is InChI=1S/C10H8F3N3O2/c1-5-8(15-9(17)18)14-7-4-6(10(11,12)13)2-3-16(5)7/h2-4,15H,1H3,(H,17,18). The topological polar surface area (TPSA) is 66.6 Å². The van der Waals surface area contributed by atoms with E-state index in [4.69, 9.17) is 5.11 Å². The van der Waals surface area contributed by atoms with Crippen LogP contribution in [-0.2, 0) is 6.18 Å². The van der Waals surface area contributed by atoms with Gasteiger partial charge < -0.3 is 9.51 Å². The van der Waals surface area contributed by atoms with Crippen molar-refractivity contribution < 1.29 is 23.1 Å². The van der Waals surface area contributed by atoms with Crippen LogP contribution in [0, 0.1) is 6.92 Å². The van der Waals surface area contributed by atoms with Crippen molar-refractivity contribution in [3.63, 3.8) is 0 Å². The minimum absolute atomic E-state index is 0.0156. The molecule has 2 aromatic rings. The van der Waals surface area contributed by atoms with E-state index in [1.165, 1.54) is 10.6 Å². The first kappa shape index (κ1) is 12.2. The fourth-order valence-corrected chi connectivity index (χ4v) is 1.56.